The summed E-state index contributed by atoms with van der Waals surface area (Å²) in [6.45, 7) is 0.261. The van der Waals surface area contributed by atoms with Crippen molar-refractivity contribution in [1.29, 1.82) is 0 Å². The molecule has 1 aliphatic heterocycles. The van der Waals surface area contributed by atoms with Crippen molar-refractivity contribution in [3.05, 3.63) is 12.0 Å². The summed E-state index contributed by atoms with van der Waals surface area (Å²) in [5.41, 5.74) is -1.13. The van der Waals surface area contributed by atoms with Gasteiger partial charge in [0.2, 0.25) is 5.91 Å². The Balaban J connectivity index is 2.23. The molecule has 1 saturated heterocycles. The van der Waals surface area contributed by atoms with Gasteiger partial charge in [0, 0.05) is 17.8 Å². The van der Waals surface area contributed by atoms with Crippen LogP contribution in [0.25, 0.3) is 0 Å². The van der Waals surface area contributed by atoms with Crippen LogP contribution in [0.5, 0.6) is 0 Å². The number of hydrogen-bond acceptors (Lipinski definition) is 3. The number of nitrogens with zero attached hydrogens (tertiary/aromatic N) is 2. The Morgan fingerprint density at radius 2 is 2.25 bits per heavy atom. The zero-order valence-electron chi connectivity index (χ0n) is 7.79. The van der Waals surface area contributed by atoms with Gasteiger partial charge in [-0.1, -0.05) is 15.9 Å². The number of oxazole rings is 1. The molecule has 4 nitrogen and oxygen atoms in total. The van der Waals surface area contributed by atoms with E-state index >= 15 is 0 Å². The van der Waals surface area contributed by atoms with E-state index in [1.165, 1.54) is 0 Å². The molecule has 0 spiro atoms. The largest absolute Gasteiger partial charge is 0.436 e. The van der Waals surface area contributed by atoms with Crippen molar-refractivity contribution in [1.82, 2.24) is 4.98 Å². The van der Waals surface area contributed by atoms with Crippen molar-refractivity contribution in [2.24, 2.45) is 0 Å². The fourth-order valence-corrected chi connectivity index (χ4v) is 1.93. The van der Waals surface area contributed by atoms with Crippen molar-refractivity contribution in [2.45, 2.75) is 17.4 Å². The molecular formula is C8H6BrF3N2O2. The number of aromatic nitrogens is 1. The standard InChI is InChI=1S/C8H6BrF3N2O2/c9-4-1-6(15)14(2-4)7-13-5(3-16-7)8(10,11)12/h3-4H,1-2H2. The van der Waals surface area contributed by atoms with Crippen molar-refractivity contribution >= 4 is 27.9 Å². The fourth-order valence-electron chi connectivity index (χ4n) is 1.37. The van der Waals surface area contributed by atoms with Gasteiger partial charge in [-0.05, 0) is 0 Å². The first-order chi connectivity index (χ1) is 7.38. The highest BCUT2D eigenvalue weighted by molar-refractivity contribution is 9.09. The van der Waals surface area contributed by atoms with E-state index in [4.69, 9.17) is 0 Å². The van der Waals surface area contributed by atoms with Crippen molar-refractivity contribution in [2.75, 3.05) is 11.4 Å². The molecule has 2 heterocycles. The second-order valence-corrected chi connectivity index (χ2v) is 4.61. The van der Waals surface area contributed by atoms with Crippen LogP contribution in [-0.2, 0) is 11.0 Å². The van der Waals surface area contributed by atoms with E-state index in [1.807, 2.05) is 0 Å². The Labute approximate surface area is 96.5 Å². The van der Waals surface area contributed by atoms with Crippen molar-refractivity contribution in [3.63, 3.8) is 0 Å². The molecule has 0 N–H and O–H groups in total. The first-order valence-corrected chi connectivity index (χ1v) is 5.26. The predicted molar refractivity (Wildman–Crippen MR) is 51.2 cm³/mol. The summed E-state index contributed by atoms with van der Waals surface area (Å²) in [5, 5.41) is 0. The summed E-state index contributed by atoms with van der Waals surface area (Å²) in [5.74, 6) is -0.308. The molecule has 1 aliphatic rings. The van der Waals surface area contributed by atoms with Crippen molar-refractivity contribution in [3.8, 4) is 0 Å². The minimum atomic E-state index is -4.56. The summed E-state index contributed by atoms with van der Waals surface area (Å²) in [7, 11) is 0. The lowest BCUT2D eigenvalue weighted by Crippen LogP contribution is -2.25. The van der Waals surface area contributed by atoms with E-state index in [-0.39, 0.29) is 29.7 Å². The smallest absolute Gasteiger partial charge is 0.431 e. The molecule has 1 aromatic heterocycles. The van der Waals surface area contributed by atoms with Gasteiger partial charge in [-0.3, -0.25) is 9.69 Å². The Bertz CT molecular complexity index is 418. The summed E-state index contributed by atoms with van der Waals surface area (Å²) < 4.78 is 41.3. The van der Waals surface area contributed by atoms with E-state index in [9.17, 15) is 18.0 Å². The normalized spacial score (nSPS) is 21.9. The van der Waals surface area contributed by atoms with Crippen LogP contribution in [0.4, 0.5) is 19.2 Å². The van der Waals surface area contributed by atoms with Gasteiger partial charge in [-0.15, -0.1) is 0 Å². The number of halogens is 4. The molecule has 1 fully saturated rings. The fraction of sp³-hybridized carbons (Fsp3) is 0.500. The topological polar surface area (TPSA) is 46.3 Å². The zero-order valence-corrected chi connectivity index (χ0v) is 9.38. The van der Waals surface area contributed by atoms with Crippen LogP contribution in [0.1, 0.15) is 12.1 Å². The predicted octanol–water partition coefficient (Wildman–Crippen LogP) is 2.19. The van der Waals surface area contributed by atoms with Gasteiger partial charge >= 0.3 is 12.2 Å². The molecule has 0 saturated carbocycles. The number of amides is 1. The number of anilines is 1. The minimum absolute atomic E-state index is 0.0822. The number of carbonyl (C=O) groups excluding carboxylic acids is 1. The molecule has 0 radical (unpaired) electrons. The maximum atomic E-state index is 12.2. The molecule has 88 valence electrons. The second-order valence-electron chi connectivity index (χ2n) is 3.32. The Hall–Kier alpha value is -1.05. The number of carbonyl (C=O) groups is 1. The lowest BCUT2D eigenvalue weighted by Gasteiger charge is -2.09. The van der Waals surface area contributed by atoms with Crippen LogP contribution < -0.4 is 4.90 Å². The van der Waals surface area contributed by atoms with Crippen LogP contribution in [0, 0.1) is 0 Å². The van der Waals surface area contributed by atoms with E-state index in [0.717, 1.165) is 4.90 Å². The SMILES string of the molecule is O=C1CC(Br)CN1c1nc(C(F)(F)F)co1. The number of hydrogen-bond donors (Lipinski definition) is 0. The number of alkyl halides is 4. The minimum Gasteiger partial charge on any atom is -0.431 e. The average Bonchev–Trinajstić information content (AvgIpc) is 2.70. The van der Waals surface area contributed by atoms with Gasteiger partial charge in [0.25, 0.3) is 0 Å². The summed E-state index contributed by atoms with van der Waals surface area (Å²) in [6.07, 6.45) is -3.83. The quantitative estimate of drug-likeness (QED) is 0.747. The highest BCUT2D eigenvalue weighted by atomic mass is 79.9. The molecule has 0 bridgehead atoms. The van der Waals surface area contributed by atoms with Crippen LogP contribution in [0.3, 0.4) is 0 Å². The molecule has 0 aromatic carbocycles. The van der Waals surface area contributed by atoms with Crippen LogP contribution in [-0.4, -0.2) is 22.3 Å². The first kappa shape index (κ1) is 11.4. The van der Waals surface area contributed by atoms with Gasteiger partial charge in [-0.2, -0.15) is 18.2 Å². The van der Waals surface area contributed by atoms with Crippen LogP contribution in [0.15, 0.2) is 10.7 Å². The van der Waals surface area contributed by atoms with Gasteiger partial charge in [0.05, 0.1) is 0 Å². The number of rotatable bonds is 1. The van der Waals surface area contributed by atoms with Gasteiger partial charge in [0.15, 0.2) is 5.69 Å². The second kappa shape index (κ2) is 3.76. The summed E-state index contributed by atoms with van der Waals surface area (Å²) in [6, 6.07) is -0.306. The molecule has 0 aliphatic carbocycles. The molecule has 1 aromatic rings. The van der Waals surface area contributed by atoms with Crippen molar-refractivity contribution < 1.29 is 22.4 Å². The lowest BCUT2D eigenvalue weighted by atomic mass is 10.4. The zero-order chi connectivity index (χ0) is 11.9. The Kier molecular flexibility index (Phi) is 2.69. The van der Waals surface area contributed by atoms with E-state index in [0.29, 0.717) is 6.26 Å². The van der Waals surface area contributed by atoms with E-state index in [1.54, 1.807) is 0 Å². The molecule has 8 heteroatoms. The molecule has 2 rings (SSSR count). The van der Waals surface area contributed by atoms with Gasteiger partial charge in [0.1, 0.15) is 6.26 Å². The highest BCUT2D eigenvalue weighted by Crippen LogP contribution is 2.31. The highest BCUT2D eigenvalue weighted by Gasteiger charge is 2.38. The summed E-state index contributed by atoms with van der Waals surface area (Å²) in [4.78, 5) is 15.6. The molecular weight excluding hydrogens is 293 g/mol. The first-order valence-electron chi connectivity index (χ1n) is 4.35. The van der Waals surface area contributed by atoms with Crippen LogP contribution in [0.2, 0.25) is 0 Å². The summed E-state index contributed by atoms with van der Waals surface area (Å²) >= 11 is 3.21. The maximum absolute atomic E-state index is 12.2. The molecule has 1 unspecified atom stereocenters. The molecule has 16 heavy (non-hydrogen) atoms. The third-order valence-corrected chi connectivity index (χ3v) is 2.70. The third kappa shape index (κ3) is 2.06. The Morgan fingerprint density at radius 3 is 2.69 bits per heavy atom. The van der Waals surface area contributed by atoms with E-state index < -0.39 is 11.9 Å². The monoisotopic (exact) mass is 298 g/mol. The average molecular weight is 299 g/mol. The third-order valence-electron chi connectivity index (χ3n) is 2.09. The lowest BCUT2D eigenvalue weighted by molar-refractivity contribution is -0.141. The molecule has 1 amide bonds. The van der Waals surface area contributed by atoms with Crippen LogP contribution >= 0.6 is 15.9 Å². The van der Waals surface area contributed by atoms with Gasteiger partial charge in [-0.25, -0.2) is 0 Å². The van der Waals surface area contributed by atoms with E-state index in [2.05, 4.69) is 25.3 Å². The maximum Gasteiger partial charge on any atom is 0.436 e. The van der Waals surface area contributed by atoms with Gasteiger partial charge < -0.3 is 4.42 Å². The molecule has 1 atom stereocenters. The Morgan fingerprint density at radius 1 is 1.56 bits per heavy atom.